The van der Waals surface area contributed by atoms with Crippen LogP contribution in [0.1, 0.15) is 59.8 Å². The van der Waals surface area contributed by atoms with Crippen molar-refractivity contribution < 1.29 is 14.6 Å². The fourth-order valence-electron chi connectivity index (χ4n) is 2.51. The normalized spacial score (nSPS) is 25.1. The van der Waals surface area contributed by atoms with Crippen molar-refractivity contribution in [2.75, 3.05) is 6.61 Å². The van der Waals surface area contributed by atoms with Crippen LogP contribution in [0.25, 0.3) is 0 Å². The molecule has 1 saturated carbocycles. The Kier molecular flexibility index (Phi) is 6.76. The molecule has 0 aliphatic heterocycles. The summed E-state index contributed by atoms with van der Waals surface area (Å²) < 4.78 is 5.27. The van der Waals surface area contributed by atoms with Crippen molar-refractivity contribution in [3.8, 4) is 0 Å². The zero-order valence-corrected chi connectivity index (χ0v) is 13.2. The van der Waals surface area contributed by atoms with Crippen molar-refractivity contribution in [2.45, 2.75) is 83.5 Å². The van der Waals surface area contributed by atoms with Crippen LogP contribution in [0.5, 0.6) is 0 Å². The second-order valence-corrected chi connectivity index (χ2v) is 6.65. The van der Waals surface area contributed by atoms with Gasteiger partial charge in [-0.1, -0.05) is 6.92 Å². The lowest BCUT2D eigenvalue weighted by Gasteiger charge is -2.32. The molecule has 0 radical (unpaired) electrons. The highest BCUT2D eigenvalue weighted by Crippen LogP contribution is 2.20. The molecule has 0 aromatic heterocycles. The third kappa shape index (κ3) is 6.57. The van der Waals surface area contributed by atoms with Gasteiger partial charge in [-0.25, -0.2) is 4.79 Å². The number of hydrogen-bond acceptors (Lipinski definition) is 4. The molecule has 1 aliphatic rings. The number of aliphatic hydroxyl groups excluding tert-OH is 1. The van der Waals surface area contributed by atoms with E-state index in [1.165, 1.54) is 0 Å². The highest BCUT2D eigenvalue weighted by Gasteiger charge is 2.25. The van der Waals surface area contributed by atoms with Crippen LogP contribution < -0.4 is 10.6 Å². The number of carbonyl (C=O) groups excluding carboxylic acids is 1. The summed E-state index contributed by atoms with van der Waals surface area (Å²) in [5.74, 6) is 0. The predicted molar refractivity (Wildman–Crippen MR) is 79.7 cm³/mol. The highest BCUT2D eigenvalue weighted by molar-refractivity contribution is 5.68. The standard InChI is InChI=1S/C15H30N2O3/c1-5-11(10-18)16-12-6-8-13(9-7-12)17-14(19)20-15(2,3)4/h11-13,16,18H,5-10H2,1-4H3,(H,17,19)/t11-,12?,13?/m1/s1. The van der Waals surface area contributed by atoms with E-state index in [1.54, 1.807) is 0 Å². The van der Waals surface area contributed by atoms with Crippen LogP contribution >= 0.6 is 0 Å². The highest BCUT2D eigenvalue weighted by atomic mass is 16.6. The number of carbonyl (C=O) groups is 1. The van der Waals surface area contributed by atoms with Gasteiger partial charge in [0, 0.05) is 18.1 Å². The van der Waals surface area contributed by atoms with Crippen LogP contribution in [0, 0.1) is 0 Å². The first-order chi connectivity index (χ1) is 9.34. The number of hydrogen-bond donors (Lipinski definition) is 3. The molecule has 0 aromatic rings. The fraction of sp³-hybridized carbons (Fsp3) is 0.933. The third-order valence-corrected chi connectivity index (χ3v) is 3.63. The maximum atomic E-state index is 11.7. The Morgan fingerprint density at radius 3 is 2.25 bits per heavy atom. The molecule has 0 saturated heterocycles. The molecule has 1 fully saturated rings. The summed E-state index contributed by atoms with van der Waals surface area (Å²) in [7, 11) is 0. The number of rotatable bonds is 5. The molecule has 5 nitrogen and oxygen atoms in total. The molecular weight excluding hydrogens is 256 g/mol. The first kappa shape index (κ1) is 17.2. The Bertz CT molecular complexity index is 290. The maximum Gasteiger partial charge on any atom is 0.407 e. The molecule has 1 rings (SSSR count). The second-order valence-electron chi connectivity index (χ2n) is 6.65. The van der Waals surface area contributed by atoms with Crippen LogP contribution in [0.2, 0.25) is 0 Å². The monoisotopic (exact) mass is 286 g/mol. The van der Waals surface area contributed by atoms with E-state index in [9.17, 15) is 9.90 Å². The van der Waals surface area contributed by atoms with E-state index in [1.807, 2.05) is 20.8 Å². The fourth-order valence-corrected chi connectivity index (χ4v) is 2.51. The van der Waals surface area contributed by atoms with Crippen LogP contribution in [0.4, 0.5) is 4.79 Å². The van der Waals surface area contributed by atoms with Gasteiger partial charge in [-0.2, -0.15) is 0 Å². The average Bonchev–Trinajstić information content (AvgIpc) is 2.35. The Hall–Kier alpha value is -0.810. The third-order valence-electron chi connectivity index (χ3n) is 3.63. The minimum absolute atomic E-state index is 0.187. The van der Waals surface area contributed by atoms with Crippen molar-refractivity contribution in [2.24, 2.45) is 0 Å². The van der Waals surface area contributed by atoms with Crippen LogP contribution in [0.15, 0.2) is 0 Å². The lowest BCUT2D eigenvalue weighted by molar-refractivity contribution is 0.0488. The second kappa shape index (κ2) is 7.84. The number of alkyl carbamates (subject to hydrolysis) is 1. The molecule has 0 spiro atoms. The summed E-state index contributed by atoms with van der Waals surface area (Å²) in [6.07, 6.45) is 4.58. The number of ether oxygens (including phenoxy) is 1. The van der Waals surface area contributed by atoms with Gasteiger partial charge in [0.25, 0.3) is 0 Å². The van der Waals surface area contributed by atoms with Gasteiger partial charge >= 0.3 is 6.09 Å². The van der Waals surface area contributed by atoms with Gasteiger partial charge in [-0.15, -0.1) is 0 Å². The summed E-state index contributed by atoms with van der Waals surface area (Å²) in [5.41, 5.74) is -0.446. The Morgan fingerprint density at radius 2 is 1.80 bits per heavy atom. The topological polar surface area (TPSA) is 70.6 Å². The molecule has 20 heavy (non-hydrogen) atoms. The van der Waals surface area contributed by atoms with Gasteiger partial charge in [0.15, 0.2) is 0 Å². The molecule has 118 valence electrons. The molecule has 0 heterocycles. The summed E-state index contributed by atoms with van der Waals surface area (Å²) >= 11 is 0. The Balaban J connectivity index is 2.27. The molecule has 1 atom stereocenters. The lowest BCUT2D eigenvalue weighted by Crippen LogP contribution is -2.46. The van der Waals surface area contributed by atoms with E-state index >= 15 is 0 Å². The minimum Gasteiger partial charge on any atom is -0.444 e. The van der Waals surface area contributed by atoms with E-state index in [4.69, 9.17) is 4.74 Å². The van der Waals surface area contributed by atoms with E-state index in [0.717, 1.165) is 32.1 Å². The smallest absolute Gasteiger partial charge is 0.407 e. The lowest BCUT2D eigenvalue weighted by atomic mass is 9.90. The van der Waals surface area contributed by atoms with Crippen molar-refractivity contribution >= 4 is 6.09 Å². The zero-order valence-electron chi connectivity index (χ0n) is 13.2. The molecule has 5 heteroatoms. The molecule has 3 N–H and O–H groups in total. The van der Waals surface area contributed by atoms with Gasteiger partial charge in [0.05, 0.1) is 6.61 Å². The van der Waals surface area contributed by atoms with Crippen molar-refractivity contribution in [1.82, 2.24) is 10.6 Å². The van der Waals surface area contributed by atoms with E-state index in [2.05, 4.69) is 17.6 Å². The van der Waals surface area contributed by atoms with E-state index in [0.29, 0.717) is 6.04 Å². The van der Waals surface area contributed by atoms with Crippen LogP contribution in [-0.2, 0) is 4.74 Å². The summed E-state index contributed by atoms with van der Waals surface area (Å²) in [5, 5.41) is 15.6. The molecule has 1 aliphatic carbocycles. The van der Waals surface area contributed by atoms with E-state index < -0.39 is 5.60 Å². The Labute approximate surface area is 122 Å². The van der Waals surface area contributed by atoms with Gasteiger partial charge in [-0.3, -0.25) is 0 Å². The average molecular weight is 286 g/mol. The largest absolute Gasteiger partial charge is 0.444 e. The van der Waals surface area contributed by atoms with Gasteiger partial charge in [-0.05, 0) is 52.9 Å². The summed E-state index contributed by atoms with van der Waals surface area (Å²) in [6, 6.07) is 0.844. The molecule has 0 bridgehead atoms. The van der Waals surface area contributed by atoms with Crippen molar-refractivity contribution in [1.29, 1.82) is 0 Å². The molecular formula is C15H30N2O3. The van der Waals surface area contributed by atoms with Crippen molar-refractivity contribution in [3.63, 3.8) is 0 Å². The van der Waals surface area contributed by atoms with E-state index in [-0.39, 0.29) is 24.8 Å². The molecule has 1 amide bonds. The summed E-state index contributed by atoms with van der Waals surface area (Å²) in [6.45, 7) is 7.86. The quantitative estimate of drug-likeness (QED) is 0.724. The zero-order chi connectivity index (χ0) is 15.2. The molecule has 0 unspecified atom stereocenters. The SMILES string of the molecule is CC[C@H](CO)NC1CCC(NC(=O)OC(C)(C)C)CC1. The predicted octanol–water partition coefficient (Wildman–Crippen LogP) is 2.18. The van der Waals surface area contributed by atoms with Gasteiger partial charge < -0.3 is 20.5 Å². The van der Waals surface area contributed by atoms with Gasteiger partial charge in [0.1, 0.15) is 5.60 Å². The maximum absolute atomic E-state index is 11.7. The van der Waals surface area contributed by atoms with Crippen LogP contribution in [-0.4, -0.2) is 41.5 Å². The first-order valence-electron chi connectivity index (χ1n) is 7.70. The Morgan fingerprint density at radius 1 is 1.25 bits per heavy atom. The summed E-state index contributed by atoms with van der Waals surface area (Å²) in [4.78, 5) is 11.7. The van der Waals surface area contributed by atoms with Gasteiger partial charge in [0.2, 0.25) is 0 Å². The number of aliphatic hydroxyl groups is 1. The number of amides is 1. The van der Waals surface area contributed by atoms with Crippen molar-refractivity contribution in [3.05, 3.63) is 0 Å². The van der Waals surface area contributed by atoms with Crippen LogP contribution in [0.3, 0.4) is 0 Å². The minimum atomic E-state index is -0.446. The number of nitrogens with one attached hydrogen (secondary N) is 2. The first-order valence-corrected chi connectivity index (χ1v) is 7.70. The molecule has 0 aromatic carbocycles.